The van der Waals surface area contributed by atoms with Gasteiger partial charge in [0.15, 0.2) is 11.1 Å². The first kappa shape index (κ1) is 18.3. The van der Waals surface area contributed by atoms with E-state index in [2.05, 4.69) is 0 Å². The molecule has 1 aliphatic heterocycles. The Labute approximate surface area is 152 Å². The van der Waals surface area contributed by atoms with Crippen LogP contribution in [0, 0.1) is 0 Å². The van der Waals surface area contributed by atoms with E-state index in [0.717, 1.165) is 22.2 Å². The SMILES string of the molecule is CC1(C)OB(c2ccc(-c3ccc(CS(=O)O)cc3)cc2)OC1(C)C. The lowest BCUT2D eigenvalue weighted by molar-refractivity contribution is 0.00578. The molecular weight excluding hydrogens is 335 g/mol. The van der Waals surface area contributed by atoms with E-state index in [0.29, 0.717) is 0 Å². The molecule has 1 fully saturated rings. The molecule has 0 amide bonds. The summed E-state index contributed by atoms with van der Waals surface area (Å²) in [6.07, 6.45) is 0. The highest BCUT2D eigenvalue weighted by Gasteiger charge is 2.51. The molecule has 1 heterocycles. The summed E-state index contributed by atoms with van der Waals surface area (Å²) < 4.78 is 32.0. The third kappa shape index (κ3) is 3.87. The minimum Gasteiger partial charge on any atom is -0.399 e. The zero-order chi connectivity index (χ0) is 18.2. The Kier molecular flexibility index (Phi) is 4.90. The maximum atomic E-state index is 10.9. The molecule has 1 saturated heterocycles. The highest BCUT2D eigenvalue weighted by Crippen LogP contribution is 2.36. The quantitative estimate of drug-likeness (QED) is 0.673. The van der Waals surface area contributed by atoms with Crippen LogP contribution in [0.5, 0.6) is 0 Å². The maximum Gasteiger partial charge on any atom is 0.494 e. The van der Waals surface area contributed by atoms with Crippen molar-refractivity contribution in [2.45, 2.75) is 44.6 Å². The monoisotopic (exact) mass is 358 g/mol. The molecule has 0 spiro atoms. The van der Waals surface area contributed by atoms with Crippen molar-refractivity contribution in [2.24, 2.45) is 0 Å². The number of benzene rings is 2. The fourth-order valence-electron chi connectivity index (χ4n) is 2.75. The maximum absolute atomic E-state index is 10.9. The predicted molar refractivity (Wildman–Crippen MR) is 102 cm³/mol. The van der Waals surface area contributed by atoms with Crippen molar-refractivity contribution in [3.8, 4) is 11.1 Å². The van der Waals surface area contributed by atoms with E-state index >= 15 is 0 Å². The fraction of sp³-hybridized carbons (Fsp3) is 0.368. The van der Waals surface area contributed by atoms with Crippen molar-refractivity contribution in [1.29, 1.82) is 0 Å². The van der Waals surface area contributed by atoms with Gasteiger partial charge in [-0.2, -0.15) is 0 Å². The Hall–Kier alpha value is -1.47. The lowest BCUT2D eigenvalue weighted by atomic mass is 9.78. The summed E-state index contributed by atoms with van der Waals surface area (Å²) >= 11 is -1.81. The predicted octanol–water partition coefficient (Wildman–Crippen LogP) is 3.37. The number of rotatable bonds is 4. The molecule has 0 saturated carbocycles. The van der Waals surface area contributed by atoms with Crippen LogP contribution >= 0.6 is 0 Å². The molecule has 2 aromatic carbocycles. The molecule has 1 unspecified atom stereocenters. The summed E-state index contributed by atoms with van der Waals surface area (Å²) in [5.41, 5.74) is 3.29. The largest absolute Gasteiger partial charge is 0.494 e. The average Bonchev–Trinajstić information content (AvgIpc) is 2.76. The van der Waals surface area contributed by atoms with Gasteiger partial charge in [-0.1, -0.05) is 48.5 Å². The third-order valence-corrected chi connectivity index (χ3v) is 5.59. The zero-order valence-electron chi connectivity index (χ0n) is 15.0. The van der Waals surface area contributed by atoms with E-state index in [9.17, 15) is 4.21 Å². The van der Waals surface area contributed by atoms with Gasteiger partial charge >= 0.3 is 7.12 Å². The Morgan fingerprint density at radius 3 is 1.76 bits per heavy atom. The van der Waals surface area contributed by atoms with Crippen LogP contribution in [0.15, 0.2) is 48.5 Å². The van der Waals surface area contributed by atoms with Gasteiger partial charge in [-0.25, -0.2) is 4.21 Å². The molecule has 2 aromatic rings. The van der Waals surface area contributed by atoms with Gasteiger partial charge in [0, 0.05) is 0 Å². The van der Waals surface area contributed by atoms with Gasteiger partial charge in [0.05, 0.1) is 17.0 Å². The van der Waals surface area contributed by atoms with Crippen molar-refractivity contribution in [1.82, 2.24) is 0 Å². The summed E-state index contributed by atoms with van der Waals surface area (Å²) in [4.78, 5) is 0. The Bertz CT molecular complexity index is 753. The second-order valence-corrected chi connectivity index (χ2v) is 8.30. The summed E-state index contributed by atoms with van der Waals surface area (Å²) in [7, 11) is -0.360. The molecule has 0 bridgehead atoms. The number of hydrogen-bond acceptors (Lipinski definition) is 3. The first-order valence-electron chi connectivity index (χ1n) is 8.30. The van der Waals surface area contributed by atoms with Crippen LogP contribution in [-0.2, 0) is 26.1 Å². The van der Waals surface area contributed by atoms with Crippen molar-refractivity contribution < 1.29 is 18.1 Å². The van der Waals surface area contributed by atoms with Gasteiger partial charge < -0.3 is 13.9 Å². The Morgan fingerprint density at radius 1 is 0.880 bits per heavy atom. The van der Waals surface area contributed by atoms with E-state index in [1.807, 2.05) is 76.2 Å². The molecule has 1 aliphatic rings. The lowest BCUT2D eigenvalue weighted by Gasteiger charge is -2.32. The standard InChI is InChI=1S/C19H23BO4S/c1-18(2)19(3,4)24-20(23-18)17-11-9-16(10-12-17)15-7-5-14(6-8-15)13-25(21)22/h5-12H,13H2,1-4H3,(H,21,22). The fourth-order valence-corrected chi connectivity index (χ4v) is 3.23. The third-order valence-electron chi connectivity index (χ3n) is 5.01. The first-order chi connectivity index (χ1) is 11.7. The second-order valence-electron chi connectivity index (χ2n) is 7.37. The topological polar surface area (TPSA) is 55.8 Å². The highest BCUT2D eigenvalue weighted by atomic mass is 32.2. The molecule has 6 heteroatoms. The molecule has 1 N–H and O–H groups in total. The summed E-state index contributed by atoms with van der Waals surface area (Å²) in [5, 5.41) is 0. The van der Waals surface area contributed by atoms with Gasteiger partial charge in [-0.3, -0.25) is 0 Å². The van der Waals surface area contributed by atoms with Crippen LogP contribution in [0.3, 0.4) is 0 Å². The summed E-state index contributed by atoms with van der Waals surface area (Å²) in [5.74, 6) is 0.154. The second kappa shape index (κ2) is 6.69. The van der Waals surface area contributed by atoms with Crippen LogP contribution in [0.25, 0.3) is 11.1 Å². The first-order valence-corrected chi connectivity index (χ1v) is 9.58. The molecule has 0 aliphatic carbocycles. The average molecular weight is 358 g/mol. The van der Waals surface area contributed by atoms with Crippen LogP contribution in [-0.4, -0.2) is 27.1 Å². The summed E-state index contributed by atoms with van der Waals surface area (Å²) in [6.45, 7) is 8.18. The van der Waals surface area contributed by atoms with E-state index in [4.69, 9.17) is 13.9 Å². The van der Waals surface area contributed by atoms with Crippen molar-refractivity contribution in [3.63, 3.8) is 0 Å². The zero-order valence-corrected chi connectivity index (χ0v) is 15.8. The van der Waals surface area contributed by atoms with E-state index in [-0.39, 0.29) is 24.1 Å². The van der Waals surface area contributed by atoms with Crippen molar-refractivity contribution >= 4 is 23.7 Å². The molecule has 25 heavy (non-hydrogen) atoms. The highest BCUT2D eigenvalue weighted by molar-refractivity contribution is 7.78. The molecular formula is C19H23BO4S. The molecule has 0 radical (unpaired) electrons. The minimum atomic E-state index is -1.81. The molecule has 132 valence electrons. The van der Waals surface area contributed by atoms with Crippen LogP contribution in [0.1, 0.15) is 33.3 Å². The van der Waals surface area contributed by atoms with Gasteiger partial charge in [0.2, 0.25) is 0 Å². The molecule has 1 atom stereocenters. The van der Waals surface area contributed by atoms with Crippen LogP contribution in [0.2, 0.25) is 0 Å². The van der Waals surface area contributed by atoms with E-state index < -0.39 is 11.1 Å². The summed E-state index contributed by atoms with van der Waals surface area (Å²) in [6, 6.07) is 15.8. The van der Waals surface area contributed by atoms with Crippen LogP contribution < -0.4 is 5.46 Å². The van der Waals surface area contributed by atoms with E-state index in [1.54, 1.807) is 0 Å². The molecule has 0 aromatic heterocycles. The van der Waals surface area contributed by atoms with E-state index in [1.165, 1.54) is 0 Å². The van der Waals surface area contributed by atoms with Crippen molar-refractivity contribution in [3.05, 3.63) is 54.1 Å². The van der Waals surface area contributed by atoms with Crippen molar-refractivity contribution in [2.75, 3.05) is 0 Å². The minimum absolute atomic E-state index is 0.154. The number of hydrogen-bond donors (Lipinski definition) is 1. The molecule has 3 rings (SSSR count). The van der Waals surface area contributed by atoms with Gasteiger partial charge in [0.1, 0.15) is 0 Å². The lowest BCUT2D eigenvalue weighted by Crippen LogP contribution is -2.41. The Balaban J connectivity index is 1.76. The van der Waals surface area contributed by atoms with Gasteiger partial charge in [-0.15, -0.1) is 0 Å². The van der Waals surface area contributed by atoms with Gasteiger partial charge in [0.25, 0.3) is 0 Å². The van der Waals surface area contributed by atoms with Gasteiger partial charge in [-0.05, 0) is 49.8 Å². The Morgan fingerprint density at radius 2 is 1.32 bits per heavy atom. The normalized spacial score (nSPS) is 19.8. The van der Waals surface area contributed by atoms with Crippen LogP contribution in [0.4, 0.5) is 0 Å². The smallest absolute Gasteiger partial charge is 0.399 e. The molecule has 4 nitrogen and oxygen atoms in total.